The van der Waals surface area contributed by atoms with Crippen LogP contribution < -0.4 is 15.4 Å². The second kappa shape index (κ2) is 11.1. The molecule has 0 aromatic heterocycles. The summed E-state index contributed by atoms with van der Waals surface area (Å²) in [6.45, 7) is 0.252. The molecule has 0 spiro atoms. The predicted molar refractivity (Wildman–Crippen MR) is 126 cm³/mol. The second-order valence-electron chi connectivity index (χ2n) is 6.93. The predicted octanol–water partition coefficient (Wildman–Crippen LogP) is 3.40. The molecule has 7 nitrogen and oxygen atoms in total. The Bertz CT molecular complexity index is 1240. The molecule has 0 radical (unpaired) electrons. The van der Waals surface area contributed by atoms with Gasteiger partial charge < -0.3 is 10.6 Å². The van der Waals surface area contributed by atoms with Crippen LogP contribution in [0.2, 0.25) is 0 Å². The van der Waals surface area contributed by atoms with Gasteiger partial charge in [-0.25, -0.2) is 12.8 Å². The van der Waals surface area contributed by atoms with Crippen molar-refractivity contribution in [1.82, 2.24) is 10.6 Å². The lowest BCUT2D eigenvalue weighted by atomic mass is 10.2. The molecular formula is C24H22FN3O4S. The zero-order valence-corrected chi connectivity index (χ0v) is 18.3. The standard InChI is InChI=1S/C24H22FN3O4S/c25-22-9-5-4-8-21(22)24(30)27-16-15-26-23(29)19-10-12-20(13-11-19)28-33(31,32)17-14-18-6-2-1-3-7-18/h1-14,17,28H,15-16H2,(H,26,29)(H,27,30)/b17-14+. The summed E-state index contributed by atoms with van der Waals surface area (Å²) < 4.78 is 40.4. The summed E-state index contributed by atoms with van der Waals surface area (Å²) in [4.78, 5) is 24.2. The molecule has 0 atom stereocenters. The largest absolute Gasteiger partial charge is 0.350 e. The number of benzene rings is 3. The fourth-order valence-electron chi connectivity index (χ4n) is 2.81. The number of carbonyl (C=O) groups excluding carboxylic acids is 2. The van der Waals surface area contributed by atoms with Crippen LogP contribution in [0.5, 0.6) is 0 Å². The third-order valence-corrected chi connectivity index (χ3v) is 5.48. The van der Waals surface area contributed by atoms with Gasteiger partial charge in [-0.3, -0.25) is 14.3 Å². The molecule has 0 aliphatic carbocycles. The first-order valence-electron chi connectivity index (χ1n) is 10.0. The molecule has 3 aromatic rings. The van der Waals surface area contributed by atoms with Crippen molar-refractivity contribution in [2.75, 3.05) is 17.8 Å². The molecule has 170 valence electrons. The summed E-state index contributed by atoms with van der Waals surface area (Å²) in [6.07, 6.45) is 1.48. The van der Waals surface area contributed by atoms with Crippen molar-refractivity contribution in [2.45, 2.75) is 0 Å². The summed E-state index contributed by atoms with van der Waals surface area (Å²) in [5.74, 6) is -1.58. The number of amides is 2. The fourth-order valence-corrected chi connectivity index (χ4v) is 3.68. The lowest BCUT2D eigenvalue weighted by Crippen LogP contribution is -2.35. The topological polar surface area (TPSA) is 104 Å². The maximum absolute atomic E-state index is 13.6. The first kappa shape index (κ1) is 23.7. The SMILES string of the molecule is O=C(NCCNC(=O)c1ccccc1F)c1ccc(NS(=O)(=O)/C=C/c2ccccc2)cc1. The van der Waals surface area contributed by atoms with Gasteiger partial charge in [0.05, 0.1) is 11.0 Å². The molecule has 3 rings (SSSR count). The highest BCUT2D eigenvalue weighted by Crippen LogP contribution is 2.13. The van der Waals surface area contributed by atoms with E-state index < -0.39 is 27.7 Å². The molecule has 0 aliphatic rings. The average Bonchev–Trinajstić information content (AvgIpc) is 2.81. The van der Waals surface area contributed by atoms with Crippen molar-refractivity contribution in [3.8, 4) is 0 Å². The van der Waals surface area contributed by atoms with Crippen LogP contribution in [0.3, 0.4) is 0 Å². The van der Waals surface area contributed by atoms with E-state index in [9.17, 15) is 22.4 Å². The van der Waals surface area contributed by atoms with Crippen LogP contribution in [0.15, 0.2) is 84.3 Å². The normalized spacial score (nSPS) is 11.2. The first-order chi connectivity index (χ1) is 15.8. The zero-order valence-electron chi connectivity index (χ0n) is 17.5. The van der Waals surface area contributed by atoms with Crippen molar-refractivity contribution in [3.05, 3.63) is 107 Å². The Labute approximate surface area is 191 Å². The molecule has 0 heterocycles. The molecule has 0 saturated carbocycles. The van der Waals surface area contributed by atoms with Crippen LogP contribution >= 0.6 is 0 Å². The molecule has 2 amide bonds. The summed E-state index contributed by atoms with van der Waals surface area (Å²) in [7, 11) is -3.72. The van der Waals surface area contributed by atoms with Crippen LogP contribution in [0.4, 0.5) is 10.1 Å². The number of sulfonamides is 1. The van der Waals surface area contributed by atoms with Gasteiger partial charge in [0.2, 0.25) is 0 Å². The van der Waals surface area contributed by atoms with E-state index in [0.29, 0.717) is 11.3 Å². The maximum atomic E-state index is 13.6. The highest BCUT2D eigenvalue weighted by Gasteiger charge is 2.11. The Morgan fingerprint density at radius 2 is 1.39 bits per heavy atom. The molecule has 0 aliphatic heterocycles. The third-order valence-electron chi connectivity index (χ3n) is 4.46. The number of halogens is 1. The minimum absolute atomic E-state index is 0.0690. The van der Waals surface area contributed by atoms with Gasteiger partial charge in [0.1, 0.15) is 5.82 Å². The smallest absolute Gasteiger partial charge is 0.255 e. The van der Waals surface area contributed by atoms with Crippen molar-refractivity contribution in [1.29, 1.82) is 0 Å². The van der Waals surface area contributed by atoms with Crippen molar-refractivity contribution in [3.63, 3.8) is 0 Å². The minimum atomic E-state index is -3.72. The van der Waals surface area contributed by atoms with Gasteiger partial charge in [0, 0.05) is 24.3 Å². The Morgan fingerprint density at radius 1 is 0.788 bits per heavy atom. The quantitative estimate of drug-likeness (QED) is 0.420. The van der Waals surface area contributed by atoms with Gasteiger partial charge in [0.25, 0.3) is 21.8 Å². The first-order valence-corrected chi connectivity index (χ1v) is 11.6. The molecule has 0 fully saturated rings. The molecule has 0 saturated heterocycles. The summed E-state index contributed by atoms with van der Waals surface area (Å²) in [5.41, 5.74) is 1.31. The highest BCUT2D eigenvalue weighted by atomic mass is 32.2. The molecule has 0 bridgehead atoms. The molecular weight excluding hydrogens is 445 g/mol. The van der Waals surface area contributed by atoms with E-state index >= 15 is 0 Å². The van der Waals surface area contributed by atoms with E-state index in [1.165, 1.54) is 48.5 Å². The van der Waals surface area contributed by atoms with E-state index in [1.807, 2.05) is 6.07 Å². The second-order valence-corrected chi connectivity index (χ2v) is 8.50. The fraction of sp³-hybridized carbons (Fsp3) is 0.0833. The zero-order chi connectivity index (χ0) is 23.7. The highest BCUT2D eigenvalue weighted by molar-refractivity contribution is 7.95. The third kappa shape index (κ3) is 7.29. The molecule has 9 heteroatoms. The minimum Gasteiger partial charge on any atom is -0.350 e. The van der Waals surface area contributed by atoms with Crippen LogP contribution in [-0.2, 0) is 10.0 Å². The molecule has 3 N–H and O–H groups in total. The van der Waals surface area contributed by atoms with Crippen molar-refractivity contribution >= 4 is 33.6 Å². The van der Waals surface area contributed by atoms with E-state index in [4.69, 9.17) is 0 Å². The summed E-state index contributed by atoms with van der Waals surface area (Å²) >= 11 is 0. The van der Waals surface area contributed by atoms with Gasteiger partial charge in [0.15, 0.2) is 0 Å². The van der Waals surface area contributed by atoms with Gasteiger partial charge >= 0.3 is 0 Å². The van der Waals surface area contributed by atoms with Gasteiger partial charge in [-0.1, -0.05) is 42.5 Å². The van der Waals surface area contributed by atoms with Gasteiger partial charge in [-0.2, -0.15) is 0 Å². The van der Waals surface area contributed by atoms with Crippen molar-refractivity contribution < 1.29 is 22.4 Å². The maximum Gasteiger partial charge on any atom is 0.255 e. The Hall–Kier alpha value is -3.98. The molecule has 3 aromatic carbocycles. The summed E-state index contributed by atoms with van der Waals surface area (Å²) in [6, 6.07) is 20.5. The average molecular weight is 468 g/mol. The monoisotopic (exact) mass is 467 g/mol. The van der Waals surface area contributed by atoms with Gasteiger partial charge in [-0.15, -0.1) is 0 Å². The Morgan fingerprint density at radius 3 is 2.06 bits per heavy atom. The van der Waals surface area contributed by atoms with Crippen LogP contribution in [-0.4, -0.2) is 33.3 Å². The number of rotatable bonds is 9. The lowest BCUT2D eigenvalue weighted by Gasteiger charge is -2.09. The molecule has 33 heavy (non-hydrogen) atoms. The van der Waals surface area contributed by atoms with E-state index in [1.54, 1.807) is 30.3 Å². The van der Waals surface area contributed by atoms with E-state index in [0.717, 1.165) is 11.0 Å². The summed E-state index contributed by atoms with van der Waals surface area (Å²) in [5, 5.41) is 6.23. The Kier molecular flexibility index (Phi) is 7.93. The number of nitrogens with one attached hydrogen (secondary N) is 3. The number of anilines is 1. The van der Waals surface area contributed by atoms with Crippen LogP contribution in [0.25, 0.3) is 6.08 Å². The number of hydrogen-bond acceptors (Lipinski definition) is 4. The Balaban J connectivity index is 1.47. The van der Waals surface area contributed by atoms with E-state index in [2.05, 4.69) is 15.4 Å². The number of hydrogen-bond donors (Lipinski definition) is 3. The molecule has 0 unspecified atom stereocenters. The van der Waals surface area contributed by atoms with E-state index in [-0.39, 0.29) is 18.7 Å². The lowest BCUT2D eigenvalue weighted by molar-refractivity contribution is 0.0925. The van der Waals surface area contributed by atoms with Crippen LogP contribution in [0, 0.1) is 5.82 Å². The van der Waals surface area contributed by atoms with Crippen molar-refractivity contribution in [2.24, 2.45) is 0 Å². The number of carbonyl (C=O) groups is 2. The van der Waals surface area contributed by atoms with Crippen LogP contribution in [0.1, 0.15) is 26.3 Å². The van der Waals surface area contributed by atoms with Gasteiger partial charge in [-0.05, 0) is 48.0 Å².